The second kappa shape index (κ2) is 11.9. The van der Waals surface area contributed by atoms with E-state index in [1.54, 1.807) is 24.3 Å². The van der Waals surface area contributed by atoms with Crippen LogP contribution in [0, 0.1) is 29.1 Å². The van der Waals surface area contributed by atoms with Crippen LogP contribution in [0.15, 0.2) is 54.6 Å². The van der Waals surface area contributed by atoms with Gasteiger partial charge in [-0.2, -0.15) is 5.01 Å². The maximum absolute atomic E-state index is 14.6. The Morgan fingerprint density at radius 2 is 1.51 bits per heavy atom. The maximum atomic E-state index is 14.6. The van der Waals surface area contributed by atoms with Crippen molar-refractivity contribution >= 4 is 17.8 Å². The number of phenolic OH excluding ortho intramolecular Hbond substituents is 1. The number of hydrogen-bond acceptors (Lipinski definition) is 5. The molecular formula is C29H26F5N5O4. The Balaban J connectivity index is 1.45. The van der Waals surface area contributed by atoms with Gasteiger partial charge in [-0.05, 0) is 23.3 Å². The number of fused-ring (bicyclic) bond motifs is 1. The summed E-state index contributed by atoms with van der Waals surface area (Å²) in [7, 11) is 1.40. The summed E-state index contributed by atoms with van der Waals surface area (Å²) in [5, 5.41) is 14.9. The predicted octanol–water partition coefficient (Wildman–Crippen LogP) is 3.27. The Morgan fingerprint density at radius 3 is 2.14 bits per heavy atom. The highest BCUT2D eigenvalue weighted by molar-refractivity contribution is 5.91. The van der Waals surface area contributed by atoms with E-state index in [2.05, 4.69) is 5.32 Å². The fraction of sp³-hybridized carbons (Fsp3) is 0.276. The van der Waals surface area contributed by atoms with Crippen molar-refractivity contribution in [3.05, 3.63) is 100 Å². The first-order chi connectivity index (χ1) is 20.5. The highest BCUT2D eigenvalue weighted by atomic mass is 19.2. The van der Waals surface area contributed by atoms with Crippen molar-refractivity contribution in [2.75, 3.05) is 20.1 Å². The Kier molecular flexibility index (Phi) is 8.22. The number of amides is 4. The summed E-state index contributed by atoms with van der Waals surface area (Å²) in [5.41, 5.74) is 0.134. The van der Waals surface area contributed by atoms with Gasteiger partial charge in [0.1, 0.15) is 18.0 Å². The Labute approximate surface area is 242 Å². The normalized spacial score (nSPS) is 18.7. The number of carbonyl (C=O) groups excluding carboxylic acids is 3. The lowest BCUT2D eigenvalue weighted by atomic mass is 9.99. The summed E-state index contributed by atoms with van der Waals surface area (Å²) in [5.74, 6) is -12.1. The number of benzene rings is 3. The van der Waals surface area contributed by atoms with Crippen molar-refractivity contribution in [2.45, 2.75) is 31.7 Å². The number of hydrazine groups is 1. The number of halogens is 5. The third kappa shape index (κ3) is 5.69. The van der Waals surface area contributed by atoms with Gasteiger partial charge in [0.15, 0.2) is 23.3 Å². The topological polar surface area (TPSA) is 96.4 Å². The summed E-state index contributed by atoms with van der Waals surface area (Å²) >= 11 is 0. The standard InChI is InChI=1S/C29H26F5N5O4/c1-36(29(43)35-12-17-5-3-2-4-6-17)38-15-22(41)39-20(11-16-7-9-18(40)10-8-16)28(42)37(14-21(38)39)13-19-23(30)25(32)27(34)26(33)24(19)31/h2-10,20-21,40H,11-15H2,1H3,(H,35,43)/t20-,21+/m0/s1. The Bertz CT molecular complexity index is 1530. The number of carbonyl (C=O) groups is 3. The van der Waals surface area contributed by atoms with E-state index >= 15 is 0 Å². The van der Waals surface area contributed by atoms with Gasteiger partial charge < -0.3 is 20.2 Å². The molecule has 2 N–H and O–H groups in total. The number of piperazine rings is 1. The van der Waals surface area contributed by atoms with Gasteiger partial charge >= 0.3 is 6.03 Å². The summed E-state index contributed by atoms with van der Waals surface area (Å²) in [6, 6.07) is 13.0. The van der Waals surface area contributed by atoms with Crippen LogP contribution in [-0.2, 0) is 29.1 Å². The van der Waals surface area contributed by atoms with E-state index in [4.69, 9.17) is 0 Å². The van der Waals surface area contributed by atoms with Gasteiger partial charge in [0.25, 0.3) is 0 Å². The quantitative estimate of drug-likeness (QED) is 0.246. The van der Waals surface area contributed by atoms with Crippen LogP contribution in [0.3, 0.4) is 0 Å². The lowest BCUT2D eigenvalue weighted by Crippen LogP contribution is -2.65. The second-order valence-corrected chi connectivity index (χ2v) is 10.2. The molecule has 0 aromatic heterocycles. The molecule has 2 atom stereocenters. The predicted molar refractivity (Wildman–Crippen MR) is 141 cm³/mol. The van der Waals surface area contributed by atoms with Gasteiger partial charge in [-0.25, -0.2) is 26.7 Å². The van der Waals surface area contributed by atoms with Crippen LogP contribution in [0.1, 0.15) is 16.7 Å². The average Bonchev–Trinajstić information content (AvgIpc) is 3.34. The molecule has 2 aliphatic heterocycles. The van der Waals surface area contributed by atoms with Gasteiger partial charge in [-0.15, -0.1) is 0 Å². The van der Waals surface area contributed by atoms with Crippen molar-refractivity contribution in [3.8, 4) is 5.75 Å². The van der Waals surface area contributed by atoms with Crippen molar-refractivity contribution in [1.82, 2.24) is 25.1 Å². The Morgan fingerprint density at radius 1 is 0.907 bits per heavy atom. The summed E-state index contributed by atoms with van der Waals surface area (Å²) in [6.07, 6.45) is -1.10. The molecular weight excluding hydrogens is 577 g/mol. The van der Waals surface area contributed by atoms with Crippen LogP contribution < -0.4 is 5.32 Å². The number of urea groups is 1. The van der Waals surface area contributed by atoms with E-state index in [1.807, 2.05) is 6.07 Å². The molecule has 9 nitrogen and oxygen atoms in total. The third-order valence-electron chi connectivity index (χ3n) is 7.55. The zero-order valence-corrected chi connectivity index (χ0v) is 22.7. The fourth-order valence-corrected chi connectivity index (χ4v) is 5.29. The van der Waals surface area contributed by atoms with Crippen molar-refractivity contribution in [3.63, 3.8) is 0 Å². The van der Waals surface area contributed by atoms with Crippen LogP contribution in [0.25, 0.3) is 0 Å². The molecule has 0 aliphatic carbocycles. The van der Waals surface area contributed by atoms with Crippen LogP contribution in [0.4, 0.5) is 26.7 Å². The van der Waals surface area contributed by atoms with Crippen LogP contribution in [-0.4, -0.2) is 75.1 Å². The molecule has 226 valence electrons. The first-order valence-electron chi connectivity index (χ1n) is 13.2. The number of aromatic hydroxyl groups is 1. The summed E-state index contributed by atoms with van der Waals surface area (Å²) < 4.78 is 70.8. The van der Waals surface area contributed by atoms with E-state index in [0.717, 1.165) is 15.5 Å². The number of rotatable bonds is 7. The molecule has 14 heteroatoms. The van der Waals surface area contributed by atoms with E-state index in [0.29, 0.717) is 5.56 Å². The molecule has 0 bridgehead atoms. The van der Waals surface area contributed by atoms with Gasteiger partial charge in [0.05, 0.1) is 19.6 Å². The molecule has 0 unspecified atom stereocenters. The monoisotopic (exact) mass is 603 g/mol. The molecule has 2 saturated heterocycles. The zero-order chi connectivity index (χ0) is 31.0. The minimum atomic E-state index is -2.32. The van der Waals surface area contributed by atoms with Crippen molar-refractivity contribution in [2.24, 2.45) is 0 Å². The first-order valence-corrected chi connectivity index (χ1v) is 13.2. The van der Waals surface area contributed by atoms with Gasteiger partial charge in [-0.1, -0.05) is 42.5 Å². The minimum Gasteiger partial charge on any atom is -0.508 e. The molecule has 2 fully saturated rings. The molecule has 43 heavy (non-hydrogen) atoms. The molecule has 0 radical (unpaired) electrons. The summed E-state index contributed by atoms with van der Waals surface area (Å²) in [6.45, 7) is -1.52. The molecule has 3 aromatic rings. The van der Waals surface area contributed by atoms with Crippen LogP contribution >= 0.6 is 0 Å². The molecule has 2 heterocycles. The average molecular weight is 604 g/mol. The van der Waals surface area contributed by atoms with E-state index < -0.39 is 77.8 Å². The summed E-state index contributed by atoms with van der Waals surface area (Å²) in [4.78, 5) is 42.2. The van der Waals surface area contributed by atoms with E-state index in [-0.39, 0.29) is 25.3 Å². The van der Waals surface area contributed by atoms with Gasteiger partial charge in [0, 0.05) is 25.6 Å². The molecule has 3 aromatic carbocycles. The second-order valence-electron chi connectivity index (χ2n) is 10.2. The van der Waals surface area contributed by atoms with Crippen LogP contribution in [0.5, 0.6) is 5.75 Å². The number of nitrogens with zero attached hydrogens (tertiary/aromatic N) is 4. The van der Waals surface area contributed by atoms with Gasteiger partial charge in [-0.3, -0.25) is 14.6 Å². The molecule has 5 rings (SSSR count). The Hall–Kier alpha value is -4.72. The van der Waals surface area contributed by atoms with E-state index in [9.17, 15) is 41.4 Å². The molecule has 2 aliphatic rings. The zero-order valence-electron chi connectivity index (χ0n) is 22.7. The molecule has 0 spiro atoms. The first kappa shape index (κ1) is 29.8. The van der Waals surface area contributed by atoms with Crippen molar-refractivity contribution in [1.29, 1.82) is 0 Å². The van der Waals surface area contributed by atoms with Crippen LogP contribution in [0.2, 0.25) is 0 Å². The SMILES string of the molecule is CN(C(=O)NCc1ccccc1)N1CC(=O)N2[C@@H](Cc3ccc(O)cc3)C(=O)N(Cc3c(F)c(F)c(F)c(F)c3F)C[C@@H]21. The van der Waals surface area contributed by atoms with E-state index in [1.165, 1.54) is 41.2 Å². The van der Waals surface area contributed by atoms with Crippen molar-refractivity contribution < 1.29 is 41.4 Å². The smallest absolute Gasteiger partial charge is 0.332 e. The van der Waals surface area contributed by atoms with Gasteiger partial charge in [0.2, 0.25) is 17.6 Å². The maximum Gasteiger partial charge on any atom is 0.332 e. The largest absolute Gasteiger partial charge is 0.508 e. The lowest BCUT2D eigenvalue weighted by Gasteiger charge is -2.45. The minimum absolute atomic E-state index is 0.0453. The highest BCUT2D eigenvalue weighted by Gasteiger charge is 2.52. The fourth-order valence-electron chi connectivity index (χ4n) is 5.29. The lowest BCUT2D eigenvalue weighted by molar-refractivity contribution is -0.157. The number of hydrogen-bond donors (Lipinski definition) is 2. The highest BCUT2D eigenvalue weighted by Crippen LogP contribution is 2.32. The third-order valence-corrected chi connectivity index (χ3v) is 7.55. The number of nitrogens with one attached hydrogen (secondary N) is 1. The molecule has 0 saturated carbocycles. The number of phenols is 1. The molecule has 4 amide bonds.